The second kappa shape index (κ2) is 27.3. The highest BCUT2D eigenvalue weighted by Gasteiger charge is 2.47. The van der Waals surface area contributed by atoms with E-state index >= 15 is 0 Å². The average Bonchev–Trinajstić information content (AvgIpc) is 3.45. The zero-order valence-electron chi connectivity index (χ0n) is 23.1. The van der Waals surface area contributed by atoms with E-state index in [4.69, 9.17) is 38.7 Å². The summed E-state index contributed by atoms with van der Waals surface area (Å²) in [5.74, 6) is -1.78. The largest absolute Gasteiger partial charge is 0.400 e. The molecule has 2 saturated heterocycles. The zero-order valence-corrected chi connectivity index (χ0v) is 24.0. The number of hydrogen-bond donors (Lipinski definition) is 7. The van der Waals surface area contributed by atoms with Crippen LogP contribution in [0.15, 0.2) is 24.6 Å². The minimum Gasteiger partial charge on any atom is -0.400 e. The first-order valence-electron chi connectivity index (χ1n) is 12.0. The molecule has 0 saturated carbocycles. The van der Waals surface area contributed by atoms with E-state index in [1.807, 2.05) is 13.1 Å². The predicted octanol–water partition coefficient (Wildman–Crippen LogP) is -1.63. The van der Waals surface area contributed by atoms with Crippen LogP contribution >= 0.6 is 8.60 Å². The number of allylic oxidation sites excluding steroid dienone is 1. The highest BCUT2D eigenvalue weighted by molar-refractivity contribution is 7.40. The fraction of sp³-hybridized carbons (Fsp3) is 0.609. The Morgan fingerprint density at radius 1 is 1.15 bits per heavy atom. The molecule has 17 nitrogen and oxygen atoms in total. The van der Waals surface area contributed by atoms with Crippen molar-refractivity contribution in [2.75, 3.05) is 41.1 Å². The molecule has 3 amide bonds. The lowest BCUT2D eigenvalue weighted by molar-refractivity contribution is -0.347. The van der Waals surface area contributed by atoms with E-state index in [0.717, 1.165) is 26.0 Å². The van der Waals surface area contributed by atoms with Crippen molar-refractivity contribution < 1.29 is 57.5 Å². The molecule has 0 radical (unpaired) electrons. The van der Waals surface area contributed by atoms with Crippen LogP contribution in [-0.4, -0.2) is 106 Å². The van der Waals surface area contributed by atoms with Crippen molar-refractivity contribution in [3.8, 4) is 6.07 Å². The molecule has 5 unspecified atom stereocenters. The lowest BCUT2D eigenvalue weighted by Gasteiger charge is -2.45. The van der Waals surface area contributed by atoms with Crippen molar-refractivity contribution in [1.29, 1.82) is 5.26 Å². The van der Waals surface area contributed by atoms with Gasteiger partial charge >= 0.3 is 8.60 Å². The van der Waals surface area contributed by atoms with Gasteiger partial charge < -0.3 is 54.3 Å². The quantitative estimate of drug-likeness (QED) is 0.0342. The fourth-order valence-electron chi connectivity index (χ4n) is 2.85. The van der Waals surface area contributed by atoms with Gasteiger partial charge in [-0.1, -0.05) is 0 Å². The molecule has 0 aromatic rings. The van der Waals surface area contributed by atoms with Gasteiger partial charge in [0.15, 0.2) is 0 Å². The van der Waals surface area contributed by atoms with Gasteiger partial charge in [0, 0.05) is 32.7 Å². The molecule has 5 atom stereocenters. The Kier molecular flexibility index (Phi) is 26.8. The third-order valence-electron chi connectivity index (χ3n) is 4.65. The number of amides is 3. The summed E-state index contributed by atoms with van der Waals surface area (Å²) in [6, 6.07) is 1.87. The van der Waals surface area contributed by atoms with E-state index in [2.05, 4.69) is 21.3 Å². The number of ether oxygens (including phenoxy) is 3. The summed E-state index contributed by atoms with van der Waals surface area (Å²) in [6.07, 6.45) is 8.53. The first kappa shape index (κ1) is 40.3. The van der Waals surface area contributed by atoms with Gasteiger partial charge in [0.2, 0.25) is 18.7 Å². The fourth-order valence-corrected chi connectivity index (χ4v) is 3.46. The zero-order chi connectivity index (χ0) is 31.4. The van der Waals surface area contributed by atoms with Crippen LogP contribution in [-0.2, 0) is 42.4 Å². The first-order valence-corrected chi connectivity index (χ1v) is 13.2. The lowest BCUT2D eigenvalue weighted by Crippen LogP contribution is -2.63. The summed E-state index contributed by atoms with van der Waals surface area (Å²) in [5, 5.41) is 33.8. The molecule has 7 N–H and O–H groups in total. The summed E-state index contributed by atoms with van der Waals surface area (Å²) in [7, 11) is 2.17. The molecule has 0 spiro atoms. The van der Waals surface area contributed by atoms with Crippen LogP contribution in [0.4, 0.5) is 0 Å². The third kappa shape index (κ3) is 20.6. The van der Waals surface area contributed by atoms with Crippen molar-refractivity contribution in [3.05, 3.63) is 24.6 Å². The normalized spacial score (nSPS) is 23.1. The standard InChI is InChI=1S/C12H18N3O7P.C6H13NO2.C4H5NO2.CH4O/c1-19-12(15-11(17)3-5-14-9-16)7-10(22-12)8-21-23(18)20-6-2-4-13;1-7-6-3-2-5(4-8)9-6;6-3-1-2-5-4-7;1-2/h3,5,9-10,18H,2,6-8H2,1H3,(H,14,16)(H,15,17);5-8H,2-4H2,1H3;1-4H,(H,5,7);2H,1H3/b5-3-;;2-1-;. The Balaban J connectivity index is 0. The molecule has 2 fully saturated rings. The van der Waals surface area contributed by atoms with Gasteiger partial charge in [-0.15, -0.1) is 0 Å². The second-order valence-corrected chi connectivity index (χ2v) is 8.35. The van der Waals surface area contributed by atoms with E-state index in [0.29, 0.717) is 25.5 Å². The molecule has 18 heteroatoms. The number of nitriles is 1. The van der Waals surface area contributed by atoms with Gasteiger partial charge in [-0.2, -0.15) is 5.26 Å². The van der Waals surface area contributed by atoms with Gasteiger partial charge in [0.25, 0.3) is 5.91 Å². The number of aldehydes is 1. The third-order valence-corrected chi connectivity index (χ3v) is 5.43. The number of methoxy groups -OCH3 is 1. The van der Waals surface area contributed by atoms with Crippen LogP contribution in [0.25, 0.3) is 0 Å². The predicted molar refractivity (Wildman–Crippen MR) is 144 cm³/mol. The monoisotopic (exact) mass is 609 g/mol. The Morgan fingerprint density at radius 3 is 2.29 bits per heavy atom. The van der Waals surface area contributed by atoms with Crippen molar-refractivity contribution in [3.63, 3.8) is 0 Å². The maximum absolute atomic E-state index is 11.6. The van der Waals surface area contributed by atoms with Crippen LogP contribution in [0.5, 0.6) is 0 Å². The summed E-state index contributed by atoms with van der Waals surface area (Å²) in [6.45, 7) is 0.292. The molecule has 2 rings (SSSR count). The van der Waals surface area contributed by atoms with E-state index in [-0.39, 0.29) is 44.7 Å². The van der Waals surface area contributed by atoms with Crippen molar-refractivity contribution in [1.82, 2.24) is 21.3 Å². The Hall–Kier alpha value is -2.88. The topological polar surface area (TPSA) is 247 Å². The highest BCUT2D eigenvalue weighted by Crippen LogP contribution is 2.37. The Labute approximate surface area is 239 Å². The molecule has 2 heterocycles. The number of aliphatic hydroxyl groups excluding tert-OH is 2. The van der Waals surface area contributed by atoms with Crippen LogP contribution in [0.1, 0.15) is 25.7 Å². The molecule has 0 aromatic heterocycles. The number of nitrogens with one attached hydrogen (secondary N) is 4. The molecule has 2 aliphatic rings. The average molecular weight is 610 g/mol. The smallest absolute Gasteiger partial charge is 0.329 e. The number of hydrogen-bond acceptors (Lipinski definition) is 14. The summed E-state index contributed by atoms with van der Waals surface area (Å²) in [5.41, 5.74) is 0. The summed E-state index contributed by atoms with van der Waals surface area (Å²) < 4.78 is 25.7. The summed E-state index contributed by atoms with van der Waals surface area (Å²) in [4.78, 5) is 49.9. The molecule has 0 aromatic carbocycles. The Bertz CT molecular complexity index is 798. The van der Waals surface area contributed by atoms with Gasteiger partial charge in [0.1, 0.15) is 12.5 Å². The van der Waals surface area contributed by atoms with Crippen LogP contribution in [0.3, 0.4) is 0 Å². The first-order chi connectivity index (χ1) is 19.8. The van der Waals surface area contributed by atoms with Gasteiger partial charge in [-0.3, -0.25) is 24.5 Å². The number of aliphatic hydroxyl groups is 2. The molecule has 234 valence electrons. The highest BCUT2D eigenvalue weighted by atomic mass is 31.2. The maximum atomic E-state index is 11.6. The van der Waals surface area contributed by atoms with Gasteiger partial charge in [0.05, 0.1) is 50.9 Å². The maximum Gasteiger partial charge on any atom is 0.329 e. The van der Waals surface area contributed by atoms with Crippen LogP contribution in [0.2, 0.25) is 0 Å². The van der Waals surface area contributed by atoms with E-state index < -0.39 is 20.4 Å². The van der Waals surface area contributed by atoms with E-state index in [9.17, 15) is 24.1 Å². The number of carbonyl (C=O) groups excluding carboxylic acids is 4. The minimum atomic E-state index is -2.07. The number of carbonyl (C=O) groups is 4. The SMILES string of the molecule is CNC1CCC(CO)O1.CO.COC1(NC(=O)/C=C\NC=O)CC(COP(O)OCCC#N)O1.O=C/C=C\NC=O. The molecule has 0 bridgehead atoms. The summed E-state index contributed by atoms with van der Waals surface area (Å²) >= 11 is 0. The van der Waals surface area contributed by atoms with Crippen LogP contribution < -0.4 is 21.3 Å². The van der Waals surface area contributed by atoms with Crippen LogP contribution in [0, 0.1) is 11.3 Å². The second-order valence-electron chi connectivity index (χ2n) is 7.36. The Morgan fingerprint density at radius 2 is 1.80 bits per heavy atom. The van der Waals surface area contributed by atoms with Gasteiger partial charge in [-0.25, -0.2) is 0 Å². The van der Waals surface area contributed by atoms with E-state index in [1.54, 1.807) is 0 Å². The number of nitrogens with zero attached hydrogens (tertiary/aromatic N) is 1. The molecule has 41 heavy (non-hydrogen) atoms. The molecular weight excluding hydrogens is 569 g/mol. The minimum absolute atomic E-state index is 0.0538. The van der Waals surface area contributed by atoms with Crippen molar-refractivity contribution >= 4 is 33.6 Å². The lowest BCUT2D eigenvalue weighted by atomic mass is 10.1. The van der Waals surface area contributed by atoms with Crippen molar-refractivity contribution in [2.45, 2.75) is 50.0 Å². The molecule has 2 aliphatic heterocycles. The molecule has 0 aliphatic carbocycles. The number of rotatable bonds is 16. The van der Waals surface area contributed by atoms with Gasteiger partial charge in [-0.05, 0) is 26.0 Å². The van der Waals surface area contributed by atoms with E-state index in [1.165, 1.54) is 25.6 Å². The van der Waals surface area contributed by atoms with Crippen molar-refractivity contribution in [2.24, 2.45) is 0 Å². The molecular formula is C23H40N5O12P.